The van der Waals surface area contributed by atoms with E-state index in [1.807, 2.05) is 0 Å². The van der Waals surface area contributed by atoms with Crippen molar-refractivity contribution < 1.29 is 23.4 Å². The van der Waals surface area contributed by atoms with E-state index < -0.39 is 24.4 Å². The second-order valence-corrected chi connectivity index (χ2v) is 4.06. The highest BCUT2D eigenvalue weighted by atomic mass is 19.3. The second kappa shape index (κ2) is 4.14. The maximum Gasteiger partial charge on any atom is 0.261 e. The summed E-state index contributed by atoms with van der Waals surface area (Å²) < 4.78 is 36.8. The lowest BCUT2D eigenvalue weighted by Gasteiger charge is -2.09. The molecular formula is C12H14F2O3. The third-order valence-corrected chi connectivity index (χ3v) is 3.17. The molecule has 1 aliphatic rings. The summed E-state index contributed by atoms with van der Waals surface area (Å²) in [6.07, 6.45) is 0. The molecular weight excluding hydrogens is 230 g/mol. The van der Waals surface area contributed by atoms with Gasteiger partial charge in [-0.05, 0) is 17.7 Å². The molecule has 1 aromatic carbocycles. The third-order valence-electron chi connectivity index (χ3n) is 3.17. The van der Waals surface area contributed by atoms with Crippen molar-refractivity contribution in [2.45, 2.75) is 11.8 Å². The number of benzene rings is 1. The van der Waals surface area contributed by atoms with Crippen molar-refractivity contribution in [2.24, 2.45) is 5.92 Å². The molecule has 94 valence electrons. The van der Waals surface area contributed by atoms with Crippen molar-refractivity contribution in [1.82, 2.24) is 0 Å². The molecule has 1 fully saturated rings. The highest BCUT2D eigenvalue weighted by Crippen LogP contribution is 2.61. The average Bonchev–Trinajstić information content (AvgIpc) is 2.90. The van der Waals surface area contributed by atoms with E-state index in [1.54, 1.807) is 12.1 Å². The fourth-order valence-electron chi connectivity index (χ4n) is 2.12. The zero-order chi connectivity index (χ0) is 12.6. The molecule has 0 heterocycles. The first-order valence-corrected chi connectivity index (χ1v) is 5.26. The van der Waals surface area contributed by atoms with E-state index >= 15 is 0 Å². The van der Waals surface area contributed by atoms with E-state index in [9.17, 15) is 8.78 Å². The smallest absolute Gasteiger partial charge is 0.261 e. The van der Waals surface area contributed by atoms with Gasteiger partial charge >= 0.3 is 0 Å². The summed E-state index contributed by atoms with van der Waals surface area (Å²) in [5.74, 6) is -3.81. The van der Waals surface area contributed by atoms with Gasteiger partial charge in [0.25, 0.3) is 5.92 Å². The van der Waals surface area contributed by atoms with Crippen molar-refractivity contribution >= 4 is 0 Å². The monoisotopic (exact) mass is 244 g/mol. The lowest BCUT2D eigenvalue weighted by atomic mass is 10.1. The summed E-state index contributed by atoms with van der Waals surface area (Å²) in [7, 11) is 2.94. The number of aliphatic hydroxyl groups is 1. The number of hydrogen-bond donors (Lipinski definition) is 1. The number of methoxy groups -OCH3 is 2. The van der Waals surface area contributed by atoms with Crippen LogP contribution in [0.25, 0.3) is 0 Å². The number of aliphatic hydroxyl groups excluding tert-OH is 1. The third kappa shape index (κ3) is 1.84. The number of alkyl halides is 2. The molecule has 5 heteroatoms. The standard InChI is InChI=1S/C12H14F2O3/c1-16-9-4-3-7(5-10(9)17-2)11-8(6-15)12(11,13)14/h3-5,8,11,15H,6H2,1-2H3. The van der Waals surface area contributed by atoms with Gasteiger partial charge < -0.3 is 14.6 Å². The van der Waals surface area contributed by atoms with E-state index in [4.69, 9.17) is 14.6 Å². The molecule has 1 saturated carbocycles. The topological polar surface area (TPSA) is 38.7 Å². The quantitative estimate of drug-likeness (QED) is 0.881. The maximum atomic E-state index is 13.3. The second-order valence-electron chi connectivity index (χ2n) is 4.06. The molecule has 0 bridgehead atoms. The lowest BCUT2D eigenvalue weighted by molar-refractivity contribution is 0.0785. The molecule has 0 saturated heterocycles. The van der Waals surface area contributed by atoms with Gasteiger partial charge in [-0.3, -0.25) is 0 Å². The van der Waals surface area contributed by atoms with Crippen molar-refractivity contribution in [2.75, 3.05) is 20.8 Å². The molecule has 2 unspecified atom stereocenters. The predicted molar refractivity (Wildman–Crippen MR) is 57.8 cm³/mol. The van der Waals surface area contributed by atoms with E-state index in [0.717, 1.165) is 0 Å². The van der Waals surface area contributed by atoms with E-state index in [-0.39, 0.29) is 0 Å². The van der Waals surface area contributed by atoms with Gasteiger partial charge in [0, 0.05) is 0 Å². The van der Waals surface area contributed by atoms with Gasteiger partial charge in [-0.2, -0.15) is 0 Å². The van der Waals surface area contributed by atoms with Crippen LogP contribution in [0.2, 0.25) is 0 Å². The minimum atomic E-state index is -2.83. The molecule has 2 atom stereocenters. The van der Waals surface area contributed by atoms with E-state index in [2.05, 4.69) is 0 Å². The molecule has 3 nitrogen and oxygen atoms in total. The van der Waals surface area contributed by atoms with Crippen molar-refractivity contribution in [3.63, 3.8) is 0 Å². The summed E-state index contributed by atoms with van der Waals surface area (Å²) in [5.41, 5.74) is 0.465. The summed E-state index contributed by atoms with van der Waals surface area (Å²) >= 11 is 0. The highest BCUT2D eigenvalue weighted by molar-refractivity contribution is 5.46. The minimum absolute atomic E-state index is 0.421. The molecule has 2 rings (SSSR count). The Morgan fingerprint density at radius 2 is 1.88 bits per heavy atom. The molecule has 1 aliphatic carbocycles. The zero-order valence-corrected chi connectivity index (χ0v) is 9.61. The molecule has 0 amide bonds. The van der Waals surface area contributed by atoms with Gasteiger partial charge in [0.15, 0.2) is 11.5 Å². The van der Waals surface area contributed by atoms with Crippen LogP contribution in [0.1, 0.15) is 11.5 Å². The Labute approximate surface area is 98.0 Å². The fraction of sp³-hybridized carbons (Fsp3) is 0.500. The fourth-order valence-corrected chi connectivity index (χ4v) is 2.12. The van der Waals surface area contributed by atoms with Crippen LogP contribution in [0.3, 0.4) is 0 Å². The van der Waals surface area contributed by atoms with Gasteiger partial charge in [0.1, 0.15) is 0 Å². The van der Waals surface area contributed by atoms with Gasteiger partial charge in [-0.15, -0.1) is 0 Å². The summed E-state index contributed by atoms with van der Waals surface area (Å²) in [5, 5.41) is 8.86. The molecule has 1 aromatic rings. The Hall–Kier alpha value is -1.36. The molecule has 0 radical (unpaired) electrons. The first kappa shape index (κ1) is 12.1. The Bertz CT molecular complexity index is 420. The van der Waals surface area contributed by atoms with Crippen LogP contribution in [-0.2, 0) is 0 Å². The number of hydrogen-bond acceptors (Lipinski definition) is 3. The van der Waals surface area contributed by atoms with Gasteiger partial charge in [0.2, 0.25) is 0 Å². The van der Waals surface area contributed by atoms with Crippen LogP contribution >= 0.6 is 0 Å². The van der Waals surface area contributed by atoms with Crippen LogP contribution in [0.4, 0.5) is 8.78 Å². The van der Waals surface area contributed by atoms with Crippen LogP contribution in [0.5, 0.6) is 11.5 Å². The zero-order valence-electron chi connectivity index (χ0n) is 9.61. The lowest BCUT2D eigenvalue weighted by Crippen LogP contribution is -1.97. The first-order valence-electron chi connectivity index (χ1n) is 5.26. The molecule has 17 heavy (non-hydrogen) atoms. The molecule has 0 aromatic heterocycles. The van der Waals surface area contributed by atoms with E-state index in [1.165, 1.54) is 20.3 Å². The average molecular weight is 244 g/mol. The maximum absolute atomic E-state index is 13.3. The predicted octanol–water partition coefficient (Wildman–Crippen LogP) is 2.04. The molecule has 0 spiro atoms. The Balaban J connectivity index is 2.30. The summed E-state index contributed by atoms with van der Waals surface area (Å²) in [4.78, 5) is 0. The largest absolute Gasteiger partial charge is 0.493 e. The van der Waals surface area contributed by atoms with Crippen LogP contribution < -0.4 is 9.47 Å². The van der Waals surface area contributed by atoms with Crippen LogP contribution in [0, 0.1) is 5.92 Å². The Kier molecular flexibility index (Phi) is 2.95. The Morgan fingerprint density at radius 3 is 2.35 bits per heavy atom. The molecule has 0 aliphatic heterocycles. The Morgan fingerprint density at radius 1 is 1.24 bits per heavy atom. The number of rotatable bonds is 4. The first-order chi connectivity index (χ1) is 8.06. The van der Waals surface area contributed by atoms with Gasteiger partial charge in [-0.25, -0.2) is 8.78 Å². The highest BCUT2D eigenvalue weighted by Gasteiger charge is 2.68. The number of halogens is 2. The molecule has 1 N–H and O–H groups in total. The SMILES string of the molecule is COc1ccc(C2C(CO)C2(F)F)cc1OC. The van der Waals surface area contributed by atoms with Crippen molar-refractivity contribution in [3.8, 4) is 11.5 Å². The summed E-state index contributed by atoms with van der Waals surface area (Å²) in [6, 6.07) is 4.71. The van der Waals surface area contributed by atoms with Crippen LogP contribution in [-0.4, -0.2) is 31.9 Å². The van der Waals surface area contributed by atoms with Crippen molar-refractivity contribution in [3.05, 3.63) is 23.8 Å². The van der Waals surface area contributed by atoms with Gasteiger partial charge in [-0.1, -0.05) is 6.07 Å². The van der Waals surface area contributed by atoms with Crippen molar-refractivity contribution in [1.29, 1.82) is 0 Å². The van der Waals surface area contributed by atoms with Crippen LogP contribution in [0.15, 0.2) is 18.2 Å². The number of ether oxygens (including phenoxy) is 2. The minimum Gasteiger partial charge on any atom is -0.493 e. The van der Waals surface area contributed by atoms with Gasteiger partial charge in [0.05, 0.1) is 32.7 Å². The van der Waals surface area contributed by atoms with E-state index in [0.29, 0.717) is 17.1 Å². The normalized spacial score (nSPS) is 25.5. The summed E-state index contributed by atoms with van der Waals surface area (Å²) in [6.45, 7) is -0.508.